The van der Waals surface area contributed by atoms with E-state index < -0.39 is 22.4 Å². The first kappa shape index (κ1) is 35.2. The van der Waals surface area contributed by atoms with E-state index in [1.54, 1.807) is 5.57 Å². The molecule has 0 radical (unpaired) electrons. The summed E-state index contributed by atoms with van der Waals surface area (Å²) in [6.45, 7) is 19.8. The molecule has 0 unspecified atom stereocenters. The Kier molecular flexibility index (Phi) is 8.57. The predicted molar refractivity (Wildman–Crippen MR) is 189 cm³/mol. The molecule has 0 spiro atoms. The molecule has 5 aliphatic carbocycles. The molecule has 9 nitrogen and oxygen atoms in total. The molecule has 8 atom stereocenters. The lowest BCUT2D eigenvalue weighted by Crippen LogP contribution is -2.65. The molecule has 2 heterocycles. The monoisotopic (exact) mass is 695 g/mol. The van der Waals surface area contributed by atoms with Crippen molar-refractivity contribution in [3.8, 4) is 0 Å². The normalized spacial score (nSPS) is 43.4. The average Bonchev–Trinajstić information content (AvgIpc) is 3.36. The summed E-state index contributed by atoms with van der Waals surface area (Å²) in [5.74, 6) is 0.538. The number of thioether (sulfide) groups is 1. The number of nitrogens with one attached hydrogen (secondary N) is 1. The van der Waals surface area contributed by atoms with Crippen molar-refractivity contribution in [1.29, 1.82) is 0 Å². The van der Waals surface area contributed by atoms with Gasteiger partial charge in [0, 0.05) is 18.5 Å². The Morgan fingerprint density at radius 2 is 1.69 bits per heavy atom. The van der Waals surface area contributed by atoms with Crippen molar-refractivity contribution in [1.82, 2.24) is 10.2 Å². The predicted octanol–water partition coefficient (Wildman–Crippen LogP) is 7.29. The van der Waals surface area contributed by atoms with E-state index in [1.807, 2.05) is 0 Å². The number of oxime groups is 1. The van der Waals surface area contributed by atoms with Crippen molar-refractivity contribution in [3.63, 3.8) is 0 Å². The highest BCUT2D eigenvalue weighted by atomic mass is 32.2. The zero-order valence-corrected chi connectivity index (χ0v) is 31.6. The summed E-state index contributed by atoms with van der Waals surface area (Å²) in [6, 6.07) is 0. The number of rotatable bonds is 4. The van der Waals surface area contributed by atoms with Gasteiger partial charge >= 0.3 is 5.97 Å². The van der Waals surface area contributed by atoms with Crippen LogP contribution in [-0.4, -0.2) is 65.2 Å². The molecule has 270 valence electrons. The van der Waals surface area contributed by atoms with Gasteiger partial charge in [-0.1, -0.05) is 77.0 Å². The van der Waals surface area contributed by atoms with Gasteiger partial charge in [0.05, 0.1) is 30.8 Å². The molecule has 0 aromatic heterocycles. The Morgan fingerprint density at radius 1 is 0.980 bits per heavy atom. The van der Waals surface area contributed by atoms with E-state index in [4.69, 9.17) is 9.57 Å². The molecule has 0 aromatic rings. The lowest BCUT2D eigenvalue weighted by molar-refractivity contribution is -0.177. The Balaban J connectivity index is 1.15. The number of hydrogen-bond acceptors (Lipinski definition) is 8. The van der Waals surface area contributed by atoms with Crippen molar-refractivity contribution in [3.05, 3.63) is 11.6 Å². The lowest BCUT2D eigenvalue weighted by Gasteiger charge is -2.71. The van der Waals surface area contributed by atoms with Crippen LogP contribution in [0.4, 0.5) is 4.79 Å². The summed E-state index contributed by atoms with van der Waals surface area (Å²) >= 11 is 0.832. The van der Waals surface area contributed by atoms with Crippen LogP contribution in [0.1, 0.15) is 119 Å². The van der Waals surface area contributed by atoms with Crippen LogP contribution in [0, 0.1) is 50.2 Å². The third kappa shape index (κ3) is 5.38. The van der Waals surface area contributed by atoms with Crippen LogP contribution in [0.3, 0.4) is 0 Å². The van der Waals surface area contributed by atoms with Crippen molar-refractivity contribution in [2.75, 3.05) is 26.3 Å². The maximum atomic E-state index is 14.6. The van der Waals surface area contributed by atoms with Gasteiger partial charge in [-0.3, -0.25) is 19.7 Å². The van der Waals surface area contributed by atoms with Crippen LogP contribution in [0.2, 0.25) is 0 Å². The Bertz CT molecular complexity index is 1500. The summed E-state index contributed by atoms with van der Waals surface area (Å²) in [6.07, 6.45) is 12.7. The molecule has 6 fully saturated rings. The van der Waals surface area contributed by atoms with E-state index in [0.29, 0.717) is 44.0 Å². The third-order valence-electron chi connectivity index (χ3n) is 15.5. The number of carbonyl (C=O) groups is 4. The molecular formula is C39H57N3O6S. The Hall–Kier alpha value is -2.20. The minimum Gasteiger partial charge on any atom is -0.378 e. The van der Waals surface area contributed by atoms with E-state index >= 15 is 0 Å². The molecule has 7 aliphatic rings. The summed E-state index contributed by atoms with van der Waals surface area (Å²) in [7, 11) is 0. The SMILES string of the molecule is CC1(C)CC[C@]2(C(=O)N3CCOCC3)CC[C@]3(C)C(=CC[C@@H]4[C@@]5(C)CC/C(=N/OC(=O)C[C@@H]6SC(=O)NC6=O)C(C)(C)[C@H]5CC[C@]43C)[C@@H]2C1. The van der Waals surface area contributed by atoms with Crippen molar-refractivity contribution >= 4 is 40.5 Å². The largest absolute Gasteiger partial charge is 0.378 e. The van der Waals surface area contributed by atoms with Gasteiger partial charge < -0.3 is 14.5 Å². The van der Waals surface area contributed by atoms with Crippen LogP contribution < -0.4 is 5.32 Å². The van der Waals surface area contributed by atoms with Crippen molar-refractivity contribution < 1.29 is 28.8 Å². The Labute approximate surface area is 296 Å². The summed E-state index contributed by atoms with van der Waals surface area (Å²) < 4.78 is 5.65. The molecule has 1 N–H and O–H groups in total. The van der Waals surface area contributed by atoms with Gasteiger partial charge in [0.25, 0.3) is 5.24 Å². The first-order valence-electron chi connectivity index (χ1n) is 18.8. The molecule has 0 bridgehead atoms. The number of amides is 3. The molecule has 2 saturated heterocycles. The minimum absolute atomic E-state index is 0.0384. The molecular weight excluding hydrogens is 639 g/mol. The van der Waals surface area contributed by atoms with Crippen LogP contribution in [0.15, 0.2) is 16.8 Å². The number of morpholine rings is 1. The fourth-order valence-electron chi connectivity index (χ4n) is 12.5. The molecule has 49 heavy (non-hydrogen) atoms. The van der Waals surface area contributed by atoms with E-state index in [2.05, 4.69) is 69.9 Å². The summed E-state index contributed by atoms with van der Waals surface area (Å²) in [4.78, 5) is 58.3. The second kappa shape index (κ2) is 11.9. The Morgan fingerprint density at radius 3 is 2.39 bits per heavy atom. The smallest absolute Gasteiger partial charge is 0.336 e. The van der Waals surface area contributed by atoms with E-state index in [0.717, 1.165) is 81.7 Å². The van der Waals surface area contributed by atoms with Crippen LogP contribution in [0.5, 0.6) is 0 Å². The van der Waals surface area contributed by atoms with Gasteiger partial charge in [0.2, 0.25) is 11.8 Å². The number of imide groups is 1. The zero-order valence-electron chi connectivity index (χ0n) is 30.7. The number of hydrogen-bond donors (Lipinski definition) is 1. The quantitative estimate of drug-likeness (QED) is 0.187. The van der Waals surface area contributed by atoms with Crippen LogP contribution in [0.25, 0.3) is 0 Å². The summed E-state index contributed by atoms with van der Waals surface area (Å²) in [5, 5.41) is 5.49. The molecule has 3 amide bonds. The minimum atomic E-state index is -0.758. The van der Waals surface area contributed by atoms with Gasteiger partial charge in [-0.25, -0.2) is 4.79 Å². The third-order valence-corrected chi connectivity index (χ3v) is 16.5. The highest BCUT2D eigenvalue weighted by Crippen LogP contribution is 2.75. The first-order valence-corrected chi connectivity index (χ1v) is 19.7. The molecule has 7 rings (SSSR count). The fraction of sp³-hybridized carbons (Fsp3) is 0.821. The van der Waals surface area contributed by atoms with E-state index in [1.165, 1.54) is 0 Å². The van der Waals surface area contributed by atoms with E-state index in [9.17, 15) is 19.2 Å². The number of carbonyl (C=O) groups excluding carboxylic acids is 4. The second-order valence-corrected chi connectivity index (χ2v) is 19.8. The summed E-state index contributed by atoms with van der Waals surface area (Å²) in [5.41, 5.74) is 2.41. The molecule has 2 aliphatic heterocycles. The molecule has 4 saturated carbocycles. The van der Waals surface area contributed by atoms with Gasteiger partial charge in [0.15, 0.2) is 0 Å². The number of ether oxygens (including phenoxy) is 1. The number of allylic oxidation sites excluding steroid dienone is 2. The van der Waals surface area contributed by atoms with Crippen LogP contribution >= 0.6 is 11.8 Å². The van der Waals surface area contributed by atoms with Crippen molar-refractivity contribution in [2.45, 2.75) is 124 Å². The highest BCUT2D eigenvalue weighted by molar-refractivity contribution is 8.15. The fourth-order valence-corrected chi connectivity index (χ4v) is 13.3. The van der Waals surface area contributed by atoms with Crippen molar-refractivity contribution in [2.24, 2.45) is 55.4 Å². The van der Waals surface area contributed by atoms with Gasteiger partial charge in [-0.05, 0) is 104 Å². The topological polar surface area (TPSA) is 114 Å². The van der Waals surface area contributed by atoms with Gasteiger partial charge in [-0.2, -0.15) is 0 Å². The highest BCUT2D eigenvalue weighted by Gasteiger charge is 2.69. The number of fused-ring (bicyclic) bond motifs is 7. The second-order valence-electron chi connectivity index (χ2n) is 18.6. The zero-order chi connectivity index (χ0) is 35.2. The first-order chi connectivity index (χ1) is 23.0. The van der Waals surface area contributed by atoms with Gasteiger partial charge in [-0.15, -0.1) is 0 Å². The maximum Gasteiger partial charge on any atom is 0.336 e. The molecule has 0 aromatic carbocycles. The van der Waals surface area contributed by atoms with E-state index in [-0.39, 0.29) is 44.8 Å². The maximum absolute atomic E-state index is 14.6. The van der Waals surface area contributed by atoms with Crippen LogP contribution in [-0.2, 0) is 24.0 Å². The van der Waals surface area contributed by atoms with Gasteiger partial charge in [0.1, 0.15) is 5.25 Å². The average molecular weight is 696 g/mol. The molecule has 10 heteroatoms. The lowest BCUT2D eigenvalue weighted by atomic mass is 9.33. The standard InChI is InChI=1S/C39H57N3O6S/c1-34(2)14-16-39(32(45)42-18-20-47-21-19-42)17-15-37(6)24(25(39)23-34)8-9-28-36(5)12-11-29(35(3,4)27(36)10-13-38(28,37)7)41-48-30(43)22-26-31(44)40-33(46)49-26/h8,25-28H,9-23H2,1-7H3,(H,40,44,46)/b41-29-/t25-,26-,27+,28+,36-,37+,38+,39-/m0/s1. The number of nitrogens with zero attached hydrogens (tertiary/aromatic N) is 2.